The second kappa shape index (κ2) is 10.1. The van der Waals surface area contributed by atoms with E-state index in [0.29, 0.717) is 0 Å². The summed E-state index contributed by atoms with van der Waals surface area (Å²) >= 11 is 1.57. The molecule has 1 aliphatic rings. The van der Waals surface area contributed by atoms with E-state index in [1.807, 2.05) is 79.9 Å². The zero-order valence-electron chi connectivity index (χ0n) is 18.7. The van der Waals surface area contributed by atoms with Crippen LogP contribution < -0.4 is 10.2 Å². The molecule has 2 amide bonds. The highest BCUT2D eigenvalue weighted by molar-refractivity contribution is 7.10. The summed E-state index contributed by atoms with van der Waals surface area (Å²) in [5, 5.41) is 5.22. The number of rotatable bonds is 7. The van der Waals surface area contributed by atoms with Crippen LogP contribution in [0.2, 0.25) is 0 Å². The Kier molecular flexibility index (Phi) is 7.05. The molecule has 2 aromatic carbocycles. The number of carbonyl (C=O) groups is 2. The molecular formula is C27H30N2O2S. The Morgan fingerprint density at radius 3 is 2.44 bits per heavy atom. The first kappa shape index (κ1) is 22.3. The maximum atomic E-state index is 13.8. The molecule has 1 fully saturated rings. The van der Waals surface area contributed by atoms with Gasteiger partial charge in [-0.1, -0.05) is 61.4 Å². The van der Waals surface area contributed by atoms with Gasteiger partial charge in [0.25, 0.3) is 0 Å². The molecule has 1 aliphatic carbocycles. The van der Waals surface area contributed by atoms with Gasteiger partial charge in [0.1, 0.15) is 6.04 Å². The van der Waals surface area contributed by atoms with Crippen LogP contribution in [0.5, 0.6) is 0 Å². The van der Waals surface area contributed by atoms with Crippen molar-refractivity contribution >= 4 is 28.8 Å². The lowest BCUT2D eigenvalue weighted by Gasteiger charge is -2.33. The van der Waals surface area contributed by atoms with Gasteiger partial charge in [-0.15, -0.1) is 11.3 Å². The third-order valence-corrected chi connectivity index (χ3v) is 7.21. The van der Waals surface area contributed by atoms with E-state index in [2.05, 4.69) is 5.32 Å². The van der Waals surface area contributed by atoms with Crippen LogP contribution in [0.1, 0.15) is 53.3 Å². The number of hydrogen-bond donors (Lipinski definition) is 1. The Hall–Kier alpha value is -2.92. The predicted octanol–water partition coefficient (Wildman–Crippen LogP) is 5.74. The van der Waals surface area contributed by atoms with E-state index in [0.717, 1.165) is 52.9 Å². The van der Waals surface area contributed by atoms with Gasteiger partial charge in [-0.2, -0.15) is 0 Å². The third-order valence-electron chi connectivity index (χ3n) is 6.33. The zero-order valence-corrected chi connectivity index (χ0v) is 19.5. The highest BCUT2D eigenvalue weighted by Crippen LogP contribution is 2.33. The average molecular weight is 447 g/mol. The normalized spacial score (nSPS) is 14.8. The molecule has 1 atom stereocenters. The second-order valence-corrected chi connectivity index (χ2v) is 9.57. The summed E-state index contributed by atoms with van der Waals surface area (Å²) in [4.78, 5) is 30.2. The number of thiophene rings is 1. The van der Waals surface area contributed by atoms with Crippen molar-refractivity contribution in [2.45, 2.75) is 58.0 Å². The quantitative estimate of drug-likeness (QED) is 0.503. The Bertz CT molecular complexity index is 1060. The molecule has 1 N–H and O–H groups in total. The first-order chi connectivity index (χ1) is 15.5. The topological polar surface area (TPSA) is 49.4 Å². The summed E-state index contributed by atoms with van der Waals surface area (Å²) in [6.07, 6.45) is 4.54. The van der Waals surface area contributed by atoms with E-state index in [4.69, 9.17) is 0 Å². The molecule has 5 heteroatoms. The van der Waals surface area contributed by atoms with Gasteiger partial charge in [0, 0.05) is 16.6 Å². The van der Waals surface area contributed by atoms with Gasteiger partial charge < -0.3 is 5.32 Å². The Morgan fingerprint density at radius 2 is 1.75 bits per heavy atom. The fraction of sp³-hybridized carbons (Fsp3) is 0.333. The van der Waals surface area contributed by atoms with Crippen LogP contribution in [0.3, 0.4) is 0 Å². The first-order valence-electron chi connectivity index (χ1n) is 11.3. The molecule has 166 valence electrons. The van der Waals surface area contributed by atoms with Crippen molar-refractivity contribution in [1.29, 1.82) is 0 Å². The molecule has 4 rings (SSSR count). The molecule has 4 nitrogen and oxygen atoms in total. The third kappa shape index (κ3) is 4.94. The van der Waals surface area contributed by atoms with E-state index in [-0.39, 0.29) is 24.3 Å². The summed E-state index contributed by atoms with van der Waals surface area (Å²) in [5.74, 6) is -0.180. The number of anilines is 1. The molecule has 1 unspecified atom stereocenters. The Balaban J connectivity index is 1.78. The summed E-state index contributed by atoms with van der Waals surface area (Å²) < 4.78 is 0. The van der Waals surface area contributed by atoms with Gasteiger partial charge in [0.15, 0.2) is 0 Å². The van der Waals surface area contributed by atoms with Crippen LogP contribution >= 0.6 is 11.3 Å². The first-order valence-corrected chi connectivity index (χ1v) is 12.2. The monoisotopic (exact) mass is 446 g/mol. The standard InChI is InChI=1S/C27H30N2O2S/c1-19-10-8-16-24(20(19)2)29(25(30)18-23-15-9-17-32-23)26(21-11-4-3-5-12-21)27(31)28-22-13-6-7-14-22/h3-5,8-12,15-17,22,26H,6-7,13-14,18H2,1-2H3,(H,28,31). The number of amides is 2. The minimum Gasteiger partial charge on any atom is -0.351 e. The van der Waals surface area contributed by atoms with Crippen LogP contribution in [0.25, 0.3) is 0 Å². The van der Waals surface area contributed by atoms with E-state index in [9.17, 15) is 9.59 Å². The smallest absolute Gasteiger partial charge is 0.248 e. The van der Waals surface area contributed by atoms with Gasteiger partial charge in [-0.25, -0.2) is 0 Å². The predicted molar refractivity (Wildman–Crippen MR) is 131 cm³/mol. The maximum Gasteiger partial charge on any atom is 0.248 e. The molecule has 3 aromatic rings. The Morgan fingerprint density at radius 1 is 1.00 bits per heavy atom. The lowest BCUT2D eigenvalue weighted by atomic mass is 9.99. The van der Waals surface area contributed by atoms with Crippen molar-refractivity contribution in [2.24, 2.45) is 0 Å². The van der Waals surface area contributed by atoms with Gasteiger partial charge >= 0.3 is 0 Å². The van der Waals surface area contributed by atoms with Crippen molar-refractivity contribution in [3.63, 3.8) is 0 Å². The van der Waals surface area contributed by atoms with Gasteiger partial charge in [-0.05, 0) is 60.9 Å². The fourth-order valence-electron chi connectivity index (χ4n) is 4.46. The molecule has 0 spiro atoms. The number of hydrogen-bond acceptors (Lipinski definition) is 3. The summed E-state index contributed by atoms with van der Waals surface area (Å²) in [6, 6.07) is 19.0. The molecule has 0 saturated heterocycles. The zero-order chi connectivity index (χ0) is 22.5. The number of aryl methyl sites for hydroxylation is 1. The minimum absolute atomic E-state index is 0.0726. The molecule has 1 heterocycles. The summed E-state index contributed by atoms with van der Waals surface area (Å²) in [6.45, 7) is 4.06. The molecule has 0 radical (unpaired) electrons. The number of benzene rings is 2. The number of nitrogens with zero attached hydrogens (tertiary/aromatic N) is 1. The van der Waals surface area contributed by atoms with Gasteiger partial charge in [0.05, 0.1) is 6.42 Å². The SMILES string of the molecule is Cc1cccc(N(C(=O)Cc2cccs2)C(C(=O)NC2CCCC2)c2ccccc2)c1C. The second-order valence-electron chi connectivity index (χ2n) is 8.54. The molecule has 1 aromatic heterocycles. The number of carbonyl (C=O) groups excluding carboxylic acids is 2. The molecule has 0 aliphatic heterocycles. The van der Waals surface area contributed by atoms with E-state index < -0.39 is 6.04 Å². The van der Waals surface area contributed by atoms with Crippen molar-refractivity contribution in [1.82, 2.24) is 5.32 Å². The maximum absolute atomic E-state index is 13.8. The van der Waals surface area contributed by atoms with Crippen LogP contribution in [-0.4, -0.2) is 17.9 Å². The molecule has 0 bridgehead atoms. The largest absolute Gasteiger partial charge is 0.351 e. The van der Waals surface area contributed by atoms with Crippen LogP contribution in [-0.2, 0) is 16.0 Å². The minimum atomic E-state index is -0.718. The Labute approximate surface area is 194 Å². The van der Waals surface area contributed by atoms with Crippen molar-refractivity contribution in [2.75, 3.05) is 4.90 Å². The average Bonchev–Trinajstić information content (AvgIpc) is 3.49. The van der Waals surface area contributed by atoms with Crippen LogP contribution in [0.15, 0.2) is 66.0 Å². The summed E-state index contributed by atoms with van der Waals surface area (Å²) in [7, 11) is 0. The van der Waals surface area contributed by atoms with Gasteiger partial charge in [-0.3, -0.25) is 14.5 Å². The van der Waals surface area contributed by atoms with E-state index >= 15 is 0 Å². The number of nitrogens with one attached hydrogen (secondary N) is 1. The molecule has 32 heavy (non-hydrogen) atoms. The summed E-state index contributed by atoms with van der Waals surface area (Å²) in [5.41, 5.74) is 3.73. The highest BCUT2D eigenvalue weighted by Gasteiger charge is 2.35. The van der Waals surface area contributed by atoms with Crippen molar-refractivity contribution in [3.8, 4) is 0 Å². The fourth-order valence-corrected chi connectivity index (χ4v) is 5.16. The molecular weight excluding hydrogens is 416 g/mol. The lowest BCUT2D eigenvalue weighted by Crippen LogP contribution is -2.47. The van der Waals surface area contributed by atoms with Gasteiger partial charge in [0.2, 0.25) is 11.8 Å². The van der Waals surface area contributed by atoms with Crippen LogP contribution in [0.4, 0.5) is 5.69 Å². The van der Waals surface area contributed by atoms with Crippen LogP contribution in [0, 0.1) is 13.8 Å². The van der Waals surface area contributed by atoms with E-state index in [1.54, 1.807) is 16.2 Å². The van der Waals surface area contributed by atoms with E-state index in [1.165, 1.54) is 0 Å². The lowest BCUT2D eigenvalue weighted by molar-refractivity contribution is -0.127. The van der Waals surface area contributed by atoms with Crippen molar-refractivity contribution in [3.05, 3.63) is 87.6 Å². The van der Waals surface area contributed by atoms with Crippen molar-refractivity contribution < 1.29 is 9.59 Å². The highest BCUT2D eigenvalue weighted by atomic mass is 32.1. The molecule has 1 saturated carbocycles.